The van der Waals surface area contributed by atoms with Gasteiger partial charge in [-0.3, -0.25) is 25.0 Å². The van der Waals surface area contributed by atoms with Gasteiger partial charge in [0.1, 0.15) is 0 Å². The third kappa shape index (κ3) is 2.30. The molecule has 0 saturated carbocycles. The molecule has 0 heterocycles. The zero-order chi connectivity index (χ0) is 11.6. The highest BCUT2D eigenvalue weighted by Crippen LogP contribution is 2.22. The first-order valence-corrected chi connectivity index (χ1v) is 3.55. The molecule has 0 unspecified atom stereocenters. The normalized spacial score (nSPS) is 9.67. The molecule has 0 bridgehead atoms. The van der Waals surface area contributed by atoms with E-state index in [2.05, 4.69) is 0 Å². The minimum atomic E-state index is -1.96. The molecule has 0 radical (unpaired) electrons. The number of nitro benzene ring substituents is 2. The molecule has 0 fully saturated rings. The number of halogens is 1. The van der Waals surface area contributed by atoms with E-state index in [1.54, 1.807) is 0 Å². The Bertz CT molecular complexity index is 380. The van der Waals surface area contributed by atoms with Crippen LogP contribution in [0, 0.1) is 20.2 Å². The molecule has 0 amide bonds. The number of benzene rings is 1. The van der Waals surface area contributed by atoms with Crippen LogP contribution in [0.2, 0.25) is 0 Å². The number of non-ortho nitro benzene ring substituents is 2. The van der Waals surface area contributed by atoms with E-state index in [0.717, 1.165) is 0 Å². The second-order valence-corrected chi connectivity index (χ2v) is 2.53. The second kappa shape index (κ2) is 3.78. The first kappa shape index (κ1) is 10.7. The maximum Gasteiger partial charge on any atom is 0.332 e. The van der Waals surface area contributed by atoms with Gasteiger partial charge in [-0.25, -0.2) is 0 Å². The van der Waals surface area contributed by atoms with E-state index in [-0.39, 0.29) is 0 Å². The van der Waals surface area contributed by atoms with E-state index in [1.807, 2.05) is 0 Å². The van der Waals surface area contributed by atoms with Crippen LogP contribution in [-0.4, -0.2) is 15.9 Å². The predicted octanol–water partition coefficient (Wildman–Crippen LogP) is 1.61. The monoisotopic (exact) mass is 214 g/mol. The summed E-state index contributed by atoms with van der Waals surface area (Å²) in [5.41, 5.74) is -2.12. The summed E-state index contributed by atoms with van der Waals surface area (Å²) in [6, 6.07) is -0.0429. The van der Waals surface area contributed by atoms with Crippen LogP contribution in [0.3, 0.4) is 0 Å². The molecule has 0 aliphatic carbocycles. The molecule has 0 N–H and O–H groups in total. The maximum atomic E-state index is 12.2. The van der Waals surface area contributed by atoms with E-state index in [9.17, 15) is 29.4 Å². The Hall–Kier alpha value is -2.38. The summed E-state index contributed by atoms with van der Waals surface area (Å²) in [6.07, 6.45) is 0. The largest absolute Gasteiger partial charge is 0.332 e. The minimum Gasteiger partial charge on any atom is -0.258 e. The fourth-order valence-corrected chi connectivity index (χ4v) is 0.919. The van der Waals surface area contributed by atoms with Gasteiger partial charge in [-0.2, -0.15) is 4.39 Å². The molecule has 0 atom stereocenters. The Morgan fingerprint density at radius 3 is 1.73 bits per heavy atom. The van der Waals surface area contributed by atoms with Crippen molar-refractivity contribution in [2.75, 3.05) is 0 Å². The fourth-order valence-electron chi connectivity index (χ4n) is 0.919. The number of rotatable bonds is 3. The first-order valence-electron chi connectivity index (χ1n) is 3.55. The molecule has 1 rings (SSSR count). The van der Waals surface area contributed by atoms with Gasteiger partial charge in [0.15, 0.2) is 0 Å². The number of hydrogen-bond acceptors (Lipinski definition) is 5. The Morgan fingerprint density at radius 2 is 1.47 bits per heavy atom. The highest BCUT2D eigenvalue weighted by molar-refractivity contribution is 5.90. The summed E-state index contributed by atoms with van der Waals surface area (Å²) in [7, 11) is 0. The zero-order valence-corrected chi connectivity index (χ0v) is 7.05. The minimum absolute atomic E-state index is 0.634. The van der Waals surface area contributed by atoms with E-state index < -0.39 is 32.8 Å². The molecule has 0 aromatic heterocycles. The van der Waals surface area contributed by atoms with Gasteiger partial charge in [0.25, 0.3) is 11.4 Å². The Kier molecular flexibility index (Phi) is 2.70. The van der Waals surface area contributed by atoms with E-state index in [4.69, 9.17) is 0 Å². The van der Waals surface area contributed by atoms with Crippen molar-refractivity contribution in [2.24, 2.45) is 0 Å². The molecule has 78 valence electrons. The quantitative estimate of drug-likeness (QED) is 0.431. The smallest absolute Gasteiger partial charge is 0.258 e. The van der Waals surface area contributed by atoms with Crippen molar-refractivity contribution < 1.29 is 19.0 Å². The van der Waals surface area contributed by atoms with Crippen LogP contribution in [0.1, 0.15) is 10.4 Å². The summed E-state index contributed by atoms with van der Waals surface area (Å²) in [5.74, 6) is 0. The number of carbonyl (C=O) groups is 1. The van der Waals surface area contributed by atoms with E-state index >= 15 is 0 Å². The van der Waals surface area contributed by atoms with Gasteiger partial charge in [-0.1, -0.05) is 0 Å². The number of nitrogens with zero attached hydrogens (tertiary/aromatic N) is 2. The molecule has 0 spiro atoms. The average molecular weight is 214 g/mol. The third-order valence-electron chi connectivity index (χ3n) is 1.55. The highest BCUT2D eigenvalue weighted by atomic mass is 19.1. The summed E-state index contributed by atoms with van der Waals surface area (Å²) >= 11 is 0. The van der Waals surface area contributed by atoms with E-state index in [1.165, 1.54) is 0 Å². The summed E-state index contributed by atoms with van der Waals surface area (Å²) < 4.78 is 12.2. The van der Waals surface area contributed by atoms with Crippen molar-refractivity contribution in [1.82, 2.24) is 0 Å². The number of carbonyl (C=O) groups excluding carboxylic acids is 1. The first-order chi connectivity index (χ1) is 6.91. The number of nitro groups is 2. The van der Waals surface area contributed by atoms with Crippen LogP contribution in [0.4, 0.5) is 15.8 Å². The molecule has 0 aliphatic rings. The van der Waals surface area contributed by atoms with Crippen LogP contribution >= 0.6 is 0 Å². The Balaban J connectivity index is 3.39. The predicted molar refractivity (Wildman–Crippen MR) is 45.2 cm³/mol. The molecule has 0 aliphatic heterocycles. The lowest BCUT2D eigenvalue weighted by Gasteiger charge is -1.95. The van der Waals surface area contributed by atoms with Crippen molar-refractivity contribution in [3.8, 4) is 0 Å². The summed E-state index contributed by atoms with van der Waals surface area (Å²) in [5, 5.41) is 20.6. The van der Waals surface area contributed by atoms with Gasteiger partial charge in [0.2, 0.25) is 0 Å². The van der Waals surface area contributed by atoms with Crippen molar-refractivity contribution in [1.29, 1.82) is 0 Å². The molecule has 1 aromatic carbocycles. The van der Waals surface area contributed by atoms with Crippen molar-refractivity contribution in [3.05, 3.63) is 44.0 Å². The summed E-state index contributed by atoms with van der Waals surface area (Å²) in [6.45, 7) is 0. The maximum absolute atomic E-state index is 12.2. The zero-order valence-electron chi connectivity index (χ0n) is 7.05. The summed E-state index contributed by atoms with van der Waals surface area (Å²) in [4.78, 5) is 29.0. The van der Waals surface area contributed by atoms with Crippen LogP contribution in [0.15, 0.2) is 18.2 Å². The van der Waals surface area contributed by atoms with E-state index in [0.29, 0.717) is 18.2 Å². The number of hydrogen-bond donors (Lipinski definition) is 0. The van der Waals surface area contributed by atoms with Gasteiger partial charge in [-0.15, -0.1) is 0 Å². The fraction of sp³-hybridized carbons (Fsp3) is 0. The lowest BCUT2D eigenvalue weighted by molar-refractivity contribution is -0.394. The lowest BCUT2D eigenvalue weighted by atomic mass is 10.2. The molecular formula is C7H3FN2O5. The van der Waals surface area contributed by atoms with Gasteiger partial charge >= 0.3 is 6.04 Å². The van der Waals surface area contributed by atoms with Crippen molar-refractivity contribution in [3.63, 3.8) is 0 Å². The van der Waals surface area contributed by atoms with Crippen LogP contribution in [0.5, 0.6) is 0 Å². The van der Waals surface area contributed by atoms with Crippen LogP contribution in [0.25, 0.3) is 0 Å². The highest BCUT2D eigenvalue weighted by Gasteiger charge is 2.19. The topological polar surface area (TPSA) is 103 Å². The average Bonchev–Trinajstić information content (AvgIpc) is 2.16. The van der Waals surface area contributed by atoms with Gasteiger partial charge in [0.05, 0.1) is 21.5 Å². The molecule has 7 nitrogen and oxygen atoms in total. The van der Waals surface area contributed by atoms with Gasteiger partial charge in [0, 0.05) is 12.1 Å². The van der Waals surface area contributed by atoms with Gasteiger partial charge < -0.3 is 0 Å². The molecule has 1 aromatic rings. The standard InChI is InChI=1S/C7H3FN2O5/c8-7(11)4-1-5(9(12)13)3-6(2-4)10(14)15/h1-3H. The van der Waals surface area contributed by atoms with Crippen LogP contribution in [-0.2, 0) is 0 Å². The molecule has 0 saturated heterocycles. The van der Waals surface area contributed by atoms with Crippen molar-refractivity contribution >= 4 is 17.4 Å². The second-order valence-electron chi connectivity index (χ2n) is 2.53. The van der Waals surface area contributed by atoms with Crippen LogP contribution < -0.4 is 0 Å². The molecule has 8 heteroatoms. The Morgan fingerprint density at radius 1 is 1.07 bits per heavy atom. The van der Waals surface area contributed by atoms with Crippen molar-refractivity contribution in [2.45, 2.75) is 0 Å². The Labute approximate surface area is 81.4 Å². The third-order valence-corrected chi connectivity index (χ3v) is 1.55. The lowest BCUT2D eigenvalue weighted by Crippen LogP contribution is -1.97. The molecular weight excluding hydrogens is 211 g/mol. The molecule has 15 heavy (non-hydrogen) atoms. The van der Waals surface area contributed by atoms with Gasteiger partial charge in [-0.05, 0) is 0 Å². The SMILES string of the molecule is O=C(F)c1cc([N+](=O)[O-])cc([N+](=O)[O-])c1.